The van der Waals surface area contributed by atoms with E-state index in [1.54, 1.807) is 0 Å². The van der Waals surface area contributed by atoms with Gasteiger partial charge in [0.15, 0.2) is 0 Å². The first-order chi connectivity index (χ1) is 11.3. The molecule has 0 saturated carbocycles. The minimum absolute atomic E-state index is 0.135. The van der Waals surface area contributed by atoms with Crippen molar-refractivity contribution < 1.29 is 9.53 Å². The van der Waals surface area contributed by atoms with E-state index in [0.717, 1.165) is 45.6 Å². The molecule has 0 N–H and O–H groups in total. The first-order valence-corrected chi connectivity index (χ1v) is 8.76. The molecule has 1 aliphatic rings. The lowest BCUT2D eigenvalue weighted by atomic mass is 10.2. The van der Waals surface area contributed by atoms with Crippen LogP contribution in [0, 0.1) is 0 Å². The summed E-state index contributed by atoms with van der Waals surface area (Å²) >= 11 is 0. The van der Waals surface area contributed by atoms with E-state index in [9.17, 15) is 4.79 Å². The lowest BCUT2D eigenvalue weighted by molar-refractivity contribution is -0.137. The van der Waals surface area contributed by atoms with Crippen molar-refractivity contribution in [3.63, 3.8) is 0 Å². The van der Waals surface area contributed by atoms with Crippen LogP contribution in [0.15, 0.2) is 24.5 Å². The molecule has 1 aliphatic heterocycles. The second kappa shape index (κ2) is 10.3. The number of hydrogen-bond donors (Lipinski definition) is 0. The predicted octanol–water partition coefficient (Wildman–Crippen LogP) is 1.98. The average molecular weight is 319 g/mol. The molecule has 1 aromatic rings. The third-order valence-corrected chi connectivity index (χ3v) is 4.31. The van der Waals surface area contributed by atoms with Gasteiger partial charge in [0.05, 0.1) is 0 Å². The van der Waals surface area contributed by atoms with Gasteiger partial charge in [0, 0.05) is 51.7 Å². The Hall–Kier alpha value is -1.46. The Morgan fingerprint density at radius 3 is 2.61 bits per heavy atom. The molecule has 1 fully saturated rings. The molecular formula is C18H29N3O2. The molecule has 0 aromatic carbocycles. The van der Waals surface area contributed by atoms with Crippen LogP contribution in [0.5, 0.6) is 0 Å². The second-order valence-electron chi connectivity index (χ2n) is 6.09. The number of rotatable bonds is 9. The fraction of sp³-hybridized carbons (Fsp3) is 0.667. The Kier molecular flexibility index (Phi) is 8.04. The molecule has 2 rings (SSSR count). The van der Waals surface area contributed by atoms with Gasteiger partial charge in [-0.15, -0.1) is 0 Å². The maximum atomic E-state index is 12.1. The molecule has 2 heterocycles. The van der Waals surface area contributed by atoms with Gasteiger partial charge < -0.3 is 9.64 Å². The second-order valence-corrected chi connectivity index (χ2v) is 6.09. The van der Waals surface area contributed by atoms with Gasteiger partial charge in [0.2, 0.25) is 5.91 Å². The predicted molar refractivity (Wildman–Crippen MR) is 91.3 cm³/mol. The van der Waals surface area contributed by atoms with Gasteiger partial charge in [-0.2, -0.15) is 0 Å². The van der Waals surface area contributed by atoms with Crippen molar-refractivity contribution in [2.45, 2.75) is 32.6 Å². The number of ether oxygens (including phenoxy) is 1. The zero-order chi connectivity index (χ0) is 16.3. The van der Waals surface area contributed by atoms with Crippen molar-refractivity contribution in [2.75, 3.05) is 45.9 Å². The van der Waals surface area contributed by atoms with Crippen molar-refractivity contribution >= 4 is 5.91 Å². The summed E-state index contributed by atoms with van der Waals surface area (Å²) in [4.78, 5) is 20.5. The number of hydrogen-bond acceptors (Lipinski definition) is 4. The van der Waals surface area contributed by atoms with Gasteiger partial charge in [-0.1, -0.05) is 19.8 Å². The number of aromatic nitrogens is 1. The molecule has 128 valence electrons. The molecule has 5 heteroatoms. The van der Waals surface area contributed by atoms with Crippen LogP contribution in [-0.4, -0.2) is 66.6 Å². The van der Waals surface area contributed by atoms with Crippen LogP contribution in [0.4, 0.5) is 0 Å². The summed E-state index contributed by atoms with van der Waals surface area (Å²) in [6.07, 6.45) is 8.12. The molecule has 23 heavy (non-hydrogen) atoms. The van der Waals surface area contributed by atoms with Crippen LogP contribution < -0.4 is 0 Å². The van der Waals surface area contributed by atoms with Crippen molar-refractivity contribution in [3.8, 4) is 0 Å². The molecule has 0 atom stereocenters. The van der Waals surface area contributed by atoms with Gasteiger partial charge in [-0.05, 0) is 30.5 Å². The fourth-order valence-electron chi connectivity index (χ4n) is 2.76. The fourth-order valence-corrected chi connectivity index (χ4v) is 2.76. The summed E-state index contributed by atoms with van der Waals surface area (Å²) in [7, 11) is 0. The third-order valence-electron chi connectivity index (χ3n) is 4.31. The van der Waals surface area contributed by atoms with Crippen LogP contribution in [0.2, 0.25) is 0 Å². The van der Waals surface area contributed by atoms with Crippen LogP contribution >= 0.6 is 0 Å². The topological polar surface area (TPSA) is 45.7 Å². The number of piperazine rings is 1. The molecule has 1 aromatic heterocycles. The van der Waals surface area contributed by atoms with Crippen molar-refractivity contribution in [1.82, 2.24) is 14.8 Å². The number of nitrogens with zero attached hydrogens (tertiary/aromatic N) is 3. The van der Waals surface area contributed by atoms with Gasteiger partial charge >= 0.3 is 0 Å². The van der Waals surface area contributed by atoms with Gasteiger partial charge in [0.25, 0.3) is 0 Å². The molecule has 1 amide bonds. The monoisotopic (exact) mass is 319 g/mol. The Bertz CT molecular complexity index is 445. The number of carbonyl (C=O) groups is 1. The Morgan fingerprint density at radius 1 is 1.17 bits per heavy atom. The highest BCUT2D eigenvalue weighted by atomic mass is 16.5. The average Bonchev–Trinajstić information content (AvgIpc) is 2.61. The third kappa shape index (κ3) is 6.67. The number of amides is 1. The molecule has 0 bridgehead atoms. The first kappa shape index (κ1) is 17.9. The van der Waals surface area contributed by atoms with E-state index in [1.165, 1.54) is 18.4 Å². The molecule has 0 aliphatic carbocycles. The minimum atomic E-state index is 0.135. The first-order valence-electron chi connectivity index (χ1n) is 8.76. The highest BCUT2D eigenvalue weighted by molar-refractivity contribution is 5.77. The highest BCUT2D eigenvalue weighted by Gasteiger charge is 2.20. The zero-order valence-corrected chi connectivity index (χ0v) is 14.2. The van der Waals surface area contributed by atoms with Crippen LogP contribution in [-0.2, 0) is 16.0 Å². The van der Waals surface area contributed by atoms with Gasteiger partial charge in [0.1, 0.15) is 6.61 Å². The van der Waals surface area contributed by atoms with E-state index in [4.69, 9.17) is 4.74 Å². The molecule has 0 spiro atoms. The molecule has 1 saturated heterocycles. The summed E-state index contributed by atoms with van der Waals surface area (Å²) in [6.45, 7) is 7.67. The highest BCUT2D eigenvalue weighted by Crippen LogP contribution is 2.05. The molecule has 0 radical (unpaired) electrons. The summed E-state index contributed by atoms with van der Waals surface area (Å²) in [5.41, 5.74) is 1.32. The largest absolute Gasteiger partial charge is 0.372 e. The van der Waals surface area contributed by atoms with Crippen LogP contribution in [0.1, 0.15) is 31.7 Å². The molecule has 5 nitrogen and oxygen atoms in total. The maximum absolute atomic E-state index is 12.1. The summed E-state index contributed by atoms with van der Waals surface area (Å²) in [6, 6.07) is 4.13. The number of pyridine rings is 1. The van der Waals surface area contributed by atoms with E-state index in [0.29, 0.717) is 6.61 Å². The van der Waals surface area contributed by atoms with E-state index in [1.807, 2.05) is 17.3 Å². The standard InChI is InChI=1S/C18H29N3O2/c1-2-3-4-15-23-16-18(22)21-13-11-20(12-14-21)10-7-17-5-8-19-9-6-17/h5-6,8-9H,2-4,7,10-16H2,1H3. The number of unbranched alkanes of at least 4 members (excludes halogenated alkanes) is 2. The normalized spacial score (nSPS) is 15.8. The summed E-state index contributed by atoms with van der Waals surface area (Å²) in [5.74, 6) is 0.135. The lowest BCUT2D eigenvalue weighted by Gasteiger charge is -2.34. The van der Waals surface area contributed by atoms with E-state index in [2.05, 4.69) is 28.9 Å². The Labute approximate surface area is 139 Å². The summed E-state index contributed by atoms with van der Waals surface area (Å²) in [5, 5.41) is 0. The van der Waals surface area contributed by atoms with Gasteiger partial charge in [-0.3, -0.25) is 14.7 Å². The molecule has 0 unspecified atom stereocenters. The van der Waals surface area contributed by atoms with E-state index >= 15 is 0 Å². The summed E-state index contributed by atoms with van der Waals surface area (Å²) < 4.78 is 5.47. The van der Waals surface area contributed by atoms with Crippen LogP contribution in [0.25, 0.3) is 0 Å². The zero-order valence-electron chi connectivity index (χ0n) is 14.2. The van der Waals surface area contributed by atoms with E-state index in [-0.39, 0.29) is 12.5 Å². The maximum Gasteiger partial charge on any atom is 0.248 e. The van der Waals surface area contributed by atoms with Gasteiger partial charge in [-0.25, -0.2) is 0 Å². The van der Waals surface area contributed by atoms with Crippen LogP contribution in [0.3, 0.4) is 0 Å². The SMILES string of the molecule is CCCCCOCC(=O)N1CCN(CCc2ccncc2)CC1. The minimum Gasteiger partial charge on any atom is -0.372 e. The lowest BCUT2D eigenvalue weighted by Crippen LogP contribution is -2.50. The van der Waals surface area contributed by atoms with Crippen molar-refractivity contribution in [1.29, 1.82) is 0 Å². The van der Waals surface area contributed by atoms with Crippen molar-refractivity contribution in [3.05, 3.63) is 30.1 Å². The Morgan fingerprint density at radius 2 is 1.91 bits per heavy atom. The quantitative estimate of drug-likeness (QED) is 0.653. The van der Waals surface area contributed by atoms with Crippen molar-refractivity contribution in [2.24, 2.45) is 0 Å². The number of carbonyl (C=O) groups excluding carboxylic acids is 1. The van der Waals surface area contributed by atoms with E-state index < -0.39 is 0 Å². The molecular weight excluding hydrogens is 290 g/mol. The smallest absolute Gasteiger partial charge is 0.248 e. The Balaban J connectivity index is 1.58.